The second-order valence-electron chi connectivity index (χ2n) is 6.41. The number of nitrogens with zero attached hydrogens (tertiary/aromatic N) is 1. The van der Waals surface area contributed by atoms with Crippen molar-refractivity contribution >= 4 is 15.9 Å². The number of sulfonamides is 1. The van der Waals surface area contributed by atoms with Crippen molar-refractivity contribution in [3.8, 4) is 0 Å². The number of nitrogens with one attached hydrogen (secondary N) is 2. The maximum absolute atomic E-state index is 12.7. The predicted octanol–water partition coefficient (Wildman–Crippen LogP) is -1.65. The summed E-state index contributed by atoms with van der Waals surface area (Å²) in [5, 5.41) is 2.88. The van der Waals surface area contributed by atoms with Gasteiger partial charge < -0.3 is 19.7 Å². The summed E-state index contributed by atoms with van der Waals surface area (Å²) in [4.78, 5) is 13.9. The second-order valence-corrected chi connectivity index (χ2v) is 8.35. The molecule has 0 saturated carbocycles. The van der Waals surface area contributed by atoms with Gasteiger partial charge in [0.15, 0.2) is 0 Å². The predicted molar refractivity (Wildman–Crippen MR) is 94.7 cm³/mol. The van der Waals surface area contributed by atoms with Crippen molar-refractivity contribution in [3.63, 3.8) is 0 Å². The molecule has 2 N–H and O–H groups in total. The standard InChI is InChI=1S/C17H25N3O5S/c21-17(18-4-5-19-6-10-24-11-7-19)15-2-1-3-16(14-15)26(22,23)20-8-12-25-13-9-20/h1-3,14H,4-13H2,(H,18,21)/p+1. The molecule has 2 aliphatic rings. The van der Waals surface area contributed by atoms with Crippen LogP contribution in [0.3, 0.4) is 0 Å². The first kappa shape index (κ1) is 19.2. The number of ether oxygens (including phenoxy) is 2. The monoisotopic (exact) mass is 384 g/mol. The van der Waals surface area contributed by atoms with Crippen LogP contribution in [-0.2, 0) is 19.5 Å². The Morgan fingerprint density at radius 2 is 1.81 bits per heavy atom. The molecule has 0 radical (unpaired) electrons. The first-order valence-electron chi connectivity index (χ1n) is 8.95. The van der Waals surface area contributed by atoms with E-state index in [4.69, 9.17) is 9.47 Å². The normalized spacial score (nSPS) is 20.0. The van der Waals surface area contributed by atoms with Crippen LogP contribution < -0.4 is 10.2 Å². The smallest absolute Gasteiger partial charge is 0.251 e. The van der Waals surface area contributed by atoms with Crippen molar-refractivity contribution in [2.45, 2.75) is 4.90 Å². The molecule has 8 nitrogen and oxygen atoms in total. The van der Waals surface area contributed by atoms with E-state index in [0.29, 0.717) is 38.4 Å². The minimum atomic E-state index is -3.60. The summed E-state index contributed by atoms with van der Waals surface area (Å²) in [6.07, 6.45) is 0. The summed E-state index contributed by atoms with van der Waals surface area (Å²) in [6.45, 7) is 6.24. The molecule has 9 heteroatoms. The Bertz CT molecular complexity index is 713. The summed E-state index contributed by atoms with van der Waals surface area (Å²) in [5.41, 5.74) is 0.358. The fourth-order valence-electron chi connectivity index (χ4n) is 3.10. The Morgan fingerprint density at radius 1 is 1.12 bits per heavy atom. The number of benzene rings is 1. The molecule has 0 aliphatic carbocycles. The molecule has 144 valence electrons. The molecule has 0 atom stereocenters. The largest absolute Gasteiger partial charge is 0.379 e. The van der Waals surface area contributed by atoms with E-state index in [1.165, 1.54) is 21.3 Å². The number of carbonyl (C=O) groups is 1. The summed E-state index contributed by atoms with van der Waals surface area (Å²) in [7, 11) is -3.60. The number of rotatable bonds is 6. The summed E-state index contributed by atoms with van der Waals surface area (Å²) in [6, 6.07) is 6.21. The zero-order valence-electron chi connectivity index (χ0n) is 14.8. The number of morpholine rings is 2. The number of amides is 1. The molecule has 0 unspecified atom stereocenters. The van der Waals surface area contributed by atoms with Crippen molar-refractivity contribution in [1.29, 1.82) is 0 Å². The molecular weight excluding hydrogens is 358 g/mol. The number of carbonyl (C=O) groups excluding carboxylic acids is 1. The lowest BCUT2D eigenvalue weighted by Crippen LogP contribution is -3.14. The highest BCUT2D eigenvalue weighted by Crippen LogP contribution is 2.18. The summed E-state index contributed by atoms with van der Waals surface area (Å²) >= 11 is 0. The van der Waals surface area contributed by atoms with E-state index in [2.05, 4.69) is 5.32 Å². The number of hydrogen-bond acceptors (Lipinski definition) is 5. The van der Waals surface area contributed by atoms with Gasteiger partial charge in [-0.05, 0) is 18.2 Å². The van der Waals surface area contributed by atoms with Crippen molar-refractivity contribution < 1.29 is 27.6 Å². The molecule has 0 aromatic heterocycles. The first-order chi connectivity index (χ1) is 12.6. The van der Waals surface area contributed by atoms with Gasteiger partial charge in [0.05, 0.1) is 44.4 Å². The van der Waals surface area contributed by atoms with Crippen molar-refractivity contribution in [3.05, 3.63) is 29.8 Å². The van der Waals surface area contributed by atoms with Crippen LogP contribution in [0.4, 0.5) is 0 Å². The average molecular weight is 384 g/mol. The Morgan fingerprint density at radius 3 is 2.54 bits per heavy atom. The minimum Gasteiger partial charge on any atom is -0.379 e. The highest BCUT2D eigenvalue weighted by molar-refractivity contribution is 7.89. The molecule has 2 saturated heterocycles. The van der Waals surface area contributed by atoms with Crippen molar-refractivity contribution in [2.75, 3.05) is 65.7 Å². The molecule has 3 rings (SSSR count). The van der Waals surface area contributed by atoms with Gasteiger partial charge in [0, 0.05) is 18.7 Å². The Hall–Kier alpha value is -1.52. The third-order valence-electron chi connectivity index (χ3n) is 4.67. The average Bonchev–Trinajstić information content (AvgIpc) is 2.69. The van der Waals surface area contributed by atoms with Crippen LogP contribution in [0.2, 0.25) is 0 Å². The van der Waals surface area contributed by atoms with E-state index < -0.39 is 10.0 Å². The van der Waals surface area contributed by atoms with Crippen LogP contribution in [0.1, 0.15) is 10.4 Å². The van der Waals surface area contributed by atoms with Gasteiger partial charge in [-0.25, -0.2) is 8.42 Å². The molecular formula is C17H26N3O5S+. The third-order valence-corrected chi connectivity index (χ3v) is 6.56. The Kier molecular flexibility index (Phi) is 6.60. The van der Waals surface area contributed by atoms with E-state index in [1.54, 1.807) is 12.1 Å². The van der Waals surface area contributed by atoms with Gasteiger partial charge in [-0.15, -0.1) is 0 Å². The third kappa shape index (κ3) is 4.80. The topological polar surface area (TPSA) is 89.4 Å². The van der Waals surface area contributed by atoms with Gasteiger partial charge in [0.25, 0.3) is 5.91 Å². The van der Waals surface area contributed by atoms with Crippen LogP contribution >= 0.6 is 0 Å². The van der Waals surface area contributed by atoms with Gasteiger partial charge in [0.1, 0.15) is 13.1 Å². The number of quaternary nitrogens is 1. The first-order valence-corrected chi connectivity index (χ1v) is 10.4. The molecule has 1 aromatic carbocycles. The molecule has 1 aromatic rings. The Labute approximate surface area is 154 Å². The molecule has 2 fully saturated rings. The molecule has 26 heavy (non-hydrogen) atoms. The zero-order valence-corrected chi connectivity index (χ0v) is 15.6. The molecule has 0 spiro atoms. The van der Waals surface area contributed by atoms with E-state index >= 15 is 0 Å². The van der Waals surface area contributed by atoms with Crippen LogP contribution in [0.25, 0.3) is 0 Å². The van der Waals surface area contributed by atoms with Gasteiger partial charge in [-0.2, -0.15) is 4.31 Å². The van der Waals surface area contributed by atoms with E-state index in [-0.39, 0.29) is 10.8 Å². The lowest BCUT2D eigenvalue weighted by molar-refractivity contribution is -0.906. The second kappa shape index (κ2) is 8.92. The fraction of sp³-hybridized carbons (Fsp3) is 0.588. The quantitative estimate of drug-likeness (QED) is 0.614. The highest BCUT2D eigenvalue weighted by Gasteiger charge is 2.26. The maximum atomic E-state index is 12.7. The molecule has 0 bridgehead atoms. The van der Waals surface area contributed by atoms with Gasteiger partial charge in [-0.1, -0.05) is 6.07 Å². The van der Waals surface area contributed by atoms with Crippen molar-refractivity contribution in [2.24, 2.45) is 0 Å². The Balaban J connectivity index is 1.59. The van der Waals surface area contributed by atoms with Crippen LogP contribution in [0.15, 0.2) is 29.2 Å². The van der Waals surface area contributed by atoms with Gasteiger partial charge >= 0.3 is 0 Å². The minimum absolute atomic E-state index is 0.144. The SMILES string of the molecule is O=C(NCC[NH+]1CCOCC1)c1cccc(S(=O)(=O)N2CCOCC2)c1. The lowest BCUT2D eigenvalue weighted by atomic mass is 10.2. The molecule has 1 amide bonds. The van der Waals surface area contributed by atoms with Crippen LogP contribution in [0.5, 0.6) is 0 Å². The van der Waals surface area contributed by atoms with Crippen LogP contribution in [-0.4, -0.2) is 84.3 Å². The van der Waals surface area contributed by atoms with E-state index in [1.807, 2.05) is 0 Å². The van der Waals surface area contributed by atoms with Crippen LogP contribution in [0, 0.1) is 0 Å². The van der Waals surface area contributed by atoms with Crippen molar-refractivity contribution in [1.82, 2.24) is 9.62 Å². The lowest BCUT2D eigenvalue weighted by Gasteiger charge is -2.26. The zero-order chi connectivity index (χ0) is 18.4. The highest BCUT2D eigenvalue weighted by atomic mass is 32.2. The molecule has 2 aliphatic heterocycles. The molecule has 2 heterocycles. The number of hydrogen-bond donors (Lipinski definition) is 2. The fourth-order valence-corrected chi connectivity index (χ4v) is 4.55. The summed E-state index contributed by atoms with van der Waals surface area (Å²) in [5.74, 6) is -0.253. The maximum Gasteiger partial charge on any atom is 0.251 e. The summed E-state index contributed by atoms with van der Waals surface area (Å²) < 4.78 is 37.3. The van der Waals surface area contributed by atoms with Gasteiger partial charge in [0.2, 0.25) is 10.0 Å². The van der Waals surface area contributed by atoms with E-state index in [9.17, 15) is 13.2 Å². The van der Waals surface area contributed by atoms with Gasteiger partial charge in [-0.3, -0.25) is 4.79 Å². The van der Waals surface area contributed by atoms with E-state index in [0.717, 1.165) is 32.8 Å².